The van der Waals surface area contributed by atoms with E-state index in [9.17, 15) is 18.8 Å². The summed E-state index contributed by atoms with van der Waals surface area (Å²) in [5.74, 6) is -1.24. The van der Waals surface area contributed by atoms with Crippen molar-refractivity contribution in [1.29, 1.82) is 0 Å². The molecule has 1 aliphatic carbocycles. The number of alkyl halides is 1. The number of halogens is 1. The van der Waals surface area contributed by atoms with Crippen LogP contribution in [0.25, 0.3) is 0 Å². The van der Waals surface area contributed by atoms with Crippen molar-refractivity contribution in [3.8, 4) is 0 Å². The summed E-state index contributed by atoms with van der Waals surface area (Å²) in [6.45, 7) is 2.87. The zero-order valence-corrected chi connectivity index (χ0v) is 14.6. The van der Waals surface area contributed by atoms with E-state index in [0.29, 0.717) is 31.7 Å². The van der Waals surface area contributed by atoms with E-state index in [4.69, 9.17) is 4.74 Å². The van der Waals surface area contributed by atoms with Gasteiger partial charge in [-0.25, -0.2) is 9.18 Å². The molecule has 0 radical (unpaired) electrons. The van der Waals surface area contributed by atoms with Crippen molar-refractivity contribution in [2.45, 2.75) is 64.0 Å². The Kier molecular flexibility index (Phi) is 5.68. The van der Waals surface area contributed by atoms with Crippen molar-refractivity contribution in [2.75, 3.05) is 19.6 Å². The Labute approximate surface area is 146 Å². The number of rotatable bonds is 6. The normalized spacial score (nSPS) is 33.6. The van der Waals surface area contributed by atoms with Gasteiger partial charge < -0.3 is 4.74 Å². The Morgan fingerprint density at radius 2 is 1.80 bits per heavy atom. The van der Waals surface area contributed by atoms with Crippen LogP contribution in [0.2, 0.25) is 0 Å². The molecule has 1 N–H and O–H groups in total. The van der Waals surface area contributed by atoms with Crippen LogP contribution in [0.15, 0.2) is 0 Å². The minimum atomic E-state index is -0.784. The van der Waals surface area contributed by atoms with Gasteiger partial charge in [-0.05, 0) is 38.0 Å². The van der Waals surface area contributed by atoms with Crippen LogP contribution < -0.4 is 5.32 Å². The lowest BCUT2D eigenvalue weighted by atomic mass is 9.84. The first-order chi connectivity index (χ1) is 12.0. The number of amides is 4. The molecule has 8 heteroatoms. The van der Waals surface area contributed by atoms with Crippen molar-refractivity contribution in [2.24, 2.45) is 5.92 Å². The standard InChI is InChI=1S/C17H26FN3O4/c1-2-3-8-20-15(22)16(23)21(17(20)24)10-14-19-9-13(25-14)11-4-6-12(18)7-5-11/h11-14,19H,2-10H2,1H3. The molecule has 140 valence electrons. The smallest absolute Gasteiger partial charge is 0.334 e. The van der Waals surface area contributed by atoms with E-state index in [-0.39, 0.29) is 19.2 Å². The molecule has 2 atom stereocenters. The summed E-state index contributed by atoms with van der Waals surface area (Å²) in [4.78, 5) is 38.4. The summed E-state index contributed by atoms with van der Waals surface area (Å²) < 4.78 is 19.2. The average Bonchev–Trinajstić information content (AvgIpc) is 3.14. The number of unbranched alkanes of at least 4 members (excludes halogenated alkanes) is 1. The first-order valence-corrected chi connectivity index (χ1v) is 9.21. The average molecular weight is 355 g/mol. The molecule has 7 nitrogen and oxygen atoms in total. The van der Waals surface area contributed by atoms with Gasteiger partial charge in [-0.3, -0.25) is 24.7 Å². The number of hydrogen-bond donors (Lipinski definition) is 1. The summed E-state index contributed by atoms with van der Waals surface area (Å²) >= 11 is 0. The van der Waals surface area contributed by atoms with Crippen molar-refractivity contribution in [3.63, 3.8) is 0 Å². The maximum absolute atomic E-state index is 13.3. The van der Waals surface area contributed by atoms with Gasteiger partial charge in [0.05, 0.1) is 12.6 Å². The molecule has 0 aromatic rings. The van der Waals surface area contributed by atoms with Gasteiger partial charge in [-0.1, -0.05) is 13.3 Å². The minimum Gasteiger partial charge on any atom is -0.357 e. The minimum absolute atomic E-state index is 0.0288. The number of nitrogens with one attached hydrogen (secondary N) is 1. The number of imide groups is 2. The number of hydrogen-bond acceptors (Lipinski definition) is 5. The van der Waals surface area contributed by atoms with Gasteiger partial charge in [0, 0.05) is 13.1 Å². The summed E-state index contributed by atoms with van der Waals surface area (Å²) in [5, 5.41) is 3.16. The van der Waals surface area contributed by atoms with Crippen molar-refractivity contribution < 1.29 is 23.5 Å². The van der Waals surface area contributed by atoms with E-state index in [1.807, 2.05) is 6.92 Å². The van der Waals surface area contributed by atoms with Crippen LogP contribution in [0.1, 0.15) is 45.4 Å². The van der Waals surface area contributed by atoms with Crippen molar-refractivity contribution in [1.82, 2.24) is 15.1 Å². The maximum Gasteiger partial charge on any atom is 0.334 e. The largest absolute Gasteiger partial charge is 0.357 e. The van der Waals surface area contributed by atoms with Gasteiger partial charge in [0.25, 0.3) is 0 Å². The second kappa shape index (κ2) is 7.78. The Bertz CT molecular complexity index is 536. The predicted molar refractivity (Wildman–Crippen MR) is 87.2 cm³/mol. The summed E-state index contributed by atoms with van der Waals surface area (Å²) in [6, 6.07) is -0.560. The molecule has 4 amide bonds. The molecule has 0 spiro atoms. The fraction of sp³-hybridized carbons (Fsp3) is 0.824. The molecule has 2 heterocycles. The third-order valence-electron chi connectivity index (χ3n) is 5.33. The number of carbonyl (C=O) groups is 3. The molecule has 0 aromatic carbocycles. The van der Waals surface area contributed by atoms with Gasteiger partial charge in [-0.15, -0.1) is 0 Å². The monoisotopic (exact) mass is 355 g/mol. The van der Waals surface area contributed by atoms with Crippen LogP contribution in [-0.4, -0.2) is 65.8 Å². The first kappa shape index (κ1) is 18.3. The Balaban J connectivity index is 1.53. The van der Waals surface area contributed by atoms with Gasteiger partial charge in [-0.2, -0.15) is 0 Å². The molecule has 0 aromatic heterocycles. The molecule has 3 aliphatic rings. The third-order valence-corrected chi connectivity index (χ3v) is 5.33. The second-order valence-electron chi connectivity index (χ2n) is 7.09. The molecule has 3 fully saturated rings. The highest BCUT2D eigenvalue weighted by molar-refractivity contribution is 6.44. The van der Waals surface area contributed by atoms with Crippen LogP contribution in [-0.2, 0) is 14.3 Å². The van der Waals surface area contributed by atoms with E-state index in [0.717, 1.165) is 29.1 Å². The van der Waals surface area contributed by atoms with Gasteiger partial charge in [0.1, 0.15) is 12.4 Å². The van der Waals surface area contributed by atoms with Crippen LogP contribution in [0.5, 0.6) is 0 Å². The summed E-state index contributed by atoms with van der Waals surface area (Å²) in [7, 11) is 0. The second-order valence-corrected chi connectivity index (χ2v) is 7.09. The van der Waals surface area contributed by atoms with E-state index < -0.39 is 30.2 Å². The number of ether oxygens (including phenoxy) is 1. The van der Waals surface area contributed by atoms with E-state index >= 15 is 0 Å². The molecule has 2 unspecified atom stereocenters. The van der Waals surface area contributed by atoms with E-state index in [2.05, 4.69) is 5.32 Å². The molecular formula is C17H26FN3O4. The fourth-order valence-electron chi connectivity index (χ4n) is 3.78. The highest BCUT2D eigenvalue weighted by atomic mass is 19.1. The zero-order chi connectivity index (χ0) is 18.0. The van der Waals surface area contributed by atoms with E-state index in [1.165, 1.54) is 0 Å². The Morgan fingerprint density at radius 3 is 2.48 bits per heavy atom. The van der Waals surface area contributed by atoms with Crippen molar-refractivity contribution in [3.05, 3.63) is 0 Å². The first-order valence-electron chi connectivity index (χ1n) is 9.21. The number of carbonyl (C=O) groups excluding carboxylic acids is 3. The molecule has 2 saturated heterocycles. The topological polar surface area (TPSA) is 79.0 Å². The highest BCUT2D eigenvalue weighted by Gasteiger charge is 2.46. The summed E-state index contributed by atoms with van der Waals surface area (Å²) in [5.41, 5.74) is 0. The molecular weight excluding hydrogens is 329 g/mol. The lowest BCUT2D eigenvalue weighted by molar-refractivity contribution is -0.144. The maximum atomic E-state index is 13.3. The summed E-state index contributed by atoms with van der Waals surface area (Å²) in [6.07, 6.45) is 3.03. The highest BCUT2D eigenvalue weighted by Crippen LogP contribution is 2.31. The molecule has 3 rings (SSSR count). The van der Waals surface area contributed by atoms with Gasteiger partial charge >= 0.3 is 17.8 Å². The third kappa shape index (κ3) is 3.84. The predicted octanol–water partition coefficient (Wildman–Crippen LogP) is 1.42. The Morgan fingerprint density at radius 1 is 1.12 bits per heavy atom. The van der Waals surface area contributed by atoms with E-state index in [1.54, 1.807) is 0 Å². The quantitative estimate of drug-likeness (QED) is 0.576. The zero-order valence-electron chi connectivity index (χ0n) is 14.6. The van der Waals surface area contributed by atoms with Gasteiger partial charge in [0.2, 0.25) is 0 Å². The molecule has 2 aliphatic heterocycles. The van der Waals surface area contributed by atoms with Crippen LogP contribution in [0.4, 0.5) is 9.18 Å². The lowest BCUT2D eigenvalue weighted by Crippen LogP contribution is -2.42. The molecule has 25 heavy (non-hydrogen) atoms. The lowest BCUT2D eigenvalue weighted by Gasteiger charge is -2.28. The van der Waals surface area contributed by atoms with Crippen molar-refractivity contribution >= 4 is 17.8 Å². The molecule has 1 saturated carbocycles. The fourth-order valence-corrected chi connectivity index (χ4v) is 3.78. The number of nitrogens with zero attached hydrogens (tertiary/aromatic N) is 2. The number of urea groups is 1. The van der Waals surface area contributed by atoms with Crippen LogP contribution in [0, 0.1) is 5.92 Å². The van der Waals surface area contributed by atoms with Crippen LogP contribution in [0.3, 0.4) is 0 Å². The Hall–Kier alpha value is -1.54. The molecule has 0 bridgehead atoms. The van der Waals surface area contributed by atoms with Crippen LogP contribution >= 0.6 is 0 Å². The van der Waals surface area contributed by atoms with Gasteiger partial charge in [0.15, 0.2) is 0 Å². The SMILES string of the molecule is CCCCN1C(=O)C(=O)N(CC2NCC(C3CCC(F)CC3)O2)C1=O.